The lowest BCUT2D eigenvalue weighted by atomic mass is 10.2. The Morgan fingerprint density at radius 3 is 2.71 bits per heavy atom. The SMILES string of the molecule is Cc1ncsc1CNCCN1CCCCCC1. The van der Waals surface area contributed by atoms with Crippen molar-refractivity contribution in [1.82, 2.24) is 15.2 Å². The lowest BCUT2D eigenvalue weighted by Gasteiger charge is -2.19. The van der Waals surface area contributed by atoms with E-state index in [1.807, 2.05) is 5.51 Å². The van der Waals surface area contributed by atoms with Crippen LogP contribution in [0, 0.1) is 6.92 Å². The van der Waals surface area contributed by atoms with E-state index in [0.717, 1.165) is 13.1 Å². The zero-order chi connectivity index (χ0) is 11.9. The fourth-order valence-electron chi connectivity index (χ4n) is 2.29. The van der Waals surface area contributed by atoms with Gasteiger partial charge in [-0.2, -0.15) is 0 Å². The normalized spacial score (nSPS) is 18.2. The molecule has 0 aliphatic carbocycles. The lowest BCUT2D eigenvalue weighted by molar-refractivity contribution is 0.284. The van der Waals surface area contributed by atoms with Crippen molar-refractivity contribution in [3.05, 3.63) is 16.1 Å². The Morgan fingerprint density at radius 2 is 2.06 bits per heavy atom. The van der Waals surface area contributed by atoms with Crippen molar-refractivity contribution in [2.24, 2.45) is 0 Å². The lowest BCUT2D eigenvalue weighted by Crippen LogP contribution is -2.32. The molecule has 1 fully saturated rings. The Hall–Kier alpha value is -0.450. The molecule has 0 unspecified atom stereocenters. The Morgan fingerprint density at radius 1 is 1.29 bits per heavy atom. The number of aryl methyl sites for hydroxylation is 1. The third-order valence-corrected chi connectivity index (χ3v) is 4.37. The Bertz CT molecular complexity index is 316. The number of nitrogens with zero attached hydrogens (tertiary/aromatic N) is 2. The first-order chi connectivity index (χ1) is 8.36. The van der Waals surface area contributed by atoms with E-state index in [4.69, 9.17) is 0 Å². The van der Waals surface area contributed by atoms with Gasteiger partial charge in [0.05, 0.1) is 11.2 Å². The molecule has 0 radical (unpaired) electrons. The fraction of sp³-hybridized carbons (Fsp3) is 0.769. The van der Waals surface area contributed by atoms with Crippen LogP contribution in [0.3, 0.4) is 0 Å². The summed E-state index contributed by atoms with van der Waals surface area (Å²) in [5.74, 6) is 0. The van der Waals surface area contributed by atoms with E-state index >= 15 is 0 Å². The quantitative estimate of drug-likeness (QED) is 0.817. The summed E-state index contributed by atoms with van der Waals surface area (Å²) in [5, 5.41) is 3.53. The maximum absolute atomic E-state index is 4.27. The van der Waals surface area contributed by atoms with Crippen molar-refractivity contribution in [1.29, 1.82) is 0 Å². The molecule has 0 atom stereocenters. The monoisotopic (exact) mass is 253 g/mol. The number of nitrogens with one attached hydrogen (secondary N) is 1. The molecule has 17 heavy (non-hydrogen) atoms. The van der Waals surface area contributed by atoms with Crippen LogP contribution in [-0.4, -0.2) is 36.1 Å². The largest absolute Gasteiger partial charge is 0.311 e. The van der Waals surface area contributed by atoms with Crippen LogP contribution in [0.4, 0.5) is 0 Å². The van der Waals surface area contributed by atoms with Crippen LogP contribution in [0.5, 0.6) is 0 Å². The van der Waals surface area contributed by atoms with Crippen LogP contribution in [0.25, 0.3) is 0 Å². The standard InChI is InChI=1S/C13H23N3S/c1-12-13(17-11-15-12)10-14-6-9-16-7-4-2-3-5-8-16/h11,14H,2-10H2,1H3. The minimum atomic E-state index is 0.977. The van der Waals surface area contributed by atoms with Gasteiger partial charge in [0.2, 0.25) is 0 Å². The van der Waals surface area contributed by atoms with Gasteiger partial charge < -0.3 is 10.2 Å². The van der Waals surface area contributed by atoms with Crippen LogP contribution < -0.4 is 5.32 Å². The predicted octanol–water partition coefficient (Wildman–Crippen LogP) is 2.42. The molecule has 0 spiro atoms. The van der Waals surface area contributed by atoms with Gasteiger partial charge in [-0.05, 0) is 32.9 Å². The molecule has 0 bridgehead atoms. The maximum atomic E-state index is 4.27. The van der Waals surface area contributed by atoms with Crippen molar-refractivity contribution in [3.63, 3.8) is 0 Å². The number of thiazole rings is 1. The van der Waals surface area contributed by atoms with E-state index in [9.17, 15) is 0 Å². The summed E-state index contributed by atoms with van der Waals surface area (Å²) >= 11 is 1.75. The van der Waals surface area contributed by atoms with Crippen LogP contribution in [0.2, 0.25) is 0 Å². The first-order valence-electron chi connectivity index (χ1n) is 6.68. The highest BCUT2D eigenvalue weighted by atomic mass is 32.1. The van der Waals surface area contributed by atoms with Gasteiger partial charge in [0.15, 0.2) is 0 Å². The average Bonchev–Trinajstić information content (AvgIpc) is 2.60. The summed E-state index contributed by atoms with van der Waals surface area (Å²) in [6.07, 6.45) is 5.61. The fourth-order valence-corrected chi connectivity index (χ4v) is 3.04. The summed E-state index contributed by atoms with van der Waals surface area (Å²) in [6.45, 7) is 7.93. The molecule has 3 nitrogen and oxygen atoms in total. The second-order valence-corrected chi connectivity index (χ2v) is 5.73. The number of aromatic nitrogens is 1. The summed E-state index contributed by atoms with van der Waals surface area (Å²) in [6, 6.07) is 0. The van der Waals surface area contributed by atoms with Gasteiger partial charge in [-0.25, -0.2) is 4.98 Å². The molecular formula is C13H23N3S. The van der Waals surface area contributed by atoms with E-state index < -0.39 is 0 Å². The van der Waals surface area contributed by atoms with Crippen molar-refractivity contribution >= 4 is 11.3 Å². The number of hydrogen-bond acceptors (Lipinski definition) is 4. The highest BCUT2D eigenvalue weighted by Crippen LogP contribution is 2.11. The second-order valence-electron chi connectivity index (χ2n) is 4.79. The van der Waals surface area contributed by atoms with Gasteiger partial charge in [-0.3, -0.25) is 0 Å². The third-order valence-electron chi connectivity index (χ3n) is 3.43. The highest BCUT2D eigenvalue weighted by molar-refractivity contribution is 7.09. The summed E-state index contributed by atoms with van der Waals surface area (Å²) < 4.78 is 0. The van der Waals surface area contributed by atoms with Gasteiger partial charge in [0.25, 0.3) is 0 Å². The van der Waals surface area contributed by atoms with E-state index in [-0.39, 0.29) is 0 Å². The number of hydrogen-bond donors (Lipinski definition) is 1. The molecule has 1 aromatic heterocycles. The third kappa shape index (κ3) is 4.37. The van der Waals surface area contributed by atoms with Crippen molar-refractivity contribution in [2.75, 3.05) is 26.2 Å². The summed E-state index contributed by atoms with van der Waals surface area (Å²) in [5.41, 5.74) is 3.11. The van der Waals surface area contributed by atoms with Crippen molar-refractivity contribution in [2.45, 2.75) is 39.2 Å². The van der Waals surface area contributed by atoms with E-state index in [1.165, 1.54) is 55.9 Å². The minimum absolute atomic E-state index is 0.977. The predicted molar refractivity (Wildman–Crippen MR) is 73.5 cm³/mol. The molecule has 1 saturated heterocycles. The van der Waals surface area contributed by atoms with Gasteiger partial charge in [0.1, 0.15) is 0 Å². The first-order valence-corrected chi connectivity index (χ1v) is 7.56. The molecular weight excluding hydrogens is 230 g/mol. The Labute approximate surface area is 108 Å². The van der Waals surface area contributed by atoms with Gasteiger partial charge in [0, 0.05) is 24.5 Å². The molecule has 0 aromatic carbocycles. The highest BCUT2D eigenvalue weighted by Gasteiger charge is 2.08. The molecule has 1 aliphatic heterocycles. The molecule has 4 heteroatoms. The van der Waals surface area contributed by atoms with E-state index in [2.05, 4.69) is 22.1 Å². The van der Waals surface area contributed by atoms with Gasteiger partial charge in [-0.1, -0.05) is 12.8 Å². The molecule has 96 valence electrons. The van der Waals surface area contributed by atoms with Crippen LogP contribution in [0.1, 0.15) is 36.3 Å². The zero-order valence-electron chi connectivity index (χ0n) is 10.7. The number of likely N-dealkylation sites (tertiary alicyclic amines) is 1. The summed E-state index contributed by atoms with van der Waals surface area (Å²) in [7, 11) is 0. The van der Waals surface area contributed by atoms with Gasteiger partial charge >= 0.3 is 0 Å². The Balaban J connectivity index is 1.61. The molecule has 0 amide bonds. The molecule has 1 N–H and O–H groups in total. The van der Waals surface area contributed by atoms with Crippen molar-refractivity contribution < 1.29 is 0 Å². The van der Waals surface area contributed by atoms with E-state index in [0.29, 0.717) is 0 Å². The first kappa shape index (κ1) is 13.0. The topological polar surface area (TPSA) is 28.2 Å². The second kappa shape index (κ2) is 7.09. The molecule has 0 saturated carbocycles. The summed E-state index contributed by atoms with van der Waals surface area (Å²) in [4.78, 5) is 8.24. The smallest absolute Gasteiger partial charge is 0.0798 e. The zero-order valence-corrected chi connectivity index (χ0v) is 11.6. The maximum Gasteiger partial charge on any atom is 0.0798 e. The van der Waals surface area contributed by atoms with Gasteiger partial charge in [-0.15, -0.1) is 11.3 Å². The van der Waals surface area contributed by atoms with Crippen molar-refractivity contribution in [3.8, 4) is 0 Å². The molecule has 2 heterocycles. The van der Waals surface area contributed by atoms with Crippen LogP contribution in [0.15, 0.2) is 5.51 Å². The molecule has 1 aliphatic rings. The minimum Gasteiger partial charge on any atom is -0.311 e. The molecule has 1 aromatic rings. The van der Waals surface area contributed by atoms with E-state index in [1.54, 1.807) is 11.3 Å². The Kier molecular flexibility index (Phi) is 5.42. The number of rotatable bonds is 5. The molecule has 2 rings (SSSR count). The van der Waals surface area contributed by atoms with Crippen LogP contribution >= 0.6 is 11.3 Å². The average molecular weight is 253 g/mol. The van der Waals surface area contributed by atoms with Crippen LogP contribution in [-0.2, 0) is 6.54 Å².